The minimum absolute atomic E-state index is 0.122. The Kier molecular flexibility index (Phi) is 5.66. The summed E-state index contributed by atoms with van der Waals surface area (Å²) in [5.74, 6) is -0.328. The number of carbonyl (C=O) groups excluding carboxylic acids is 1. The van der Waals surface area contributed by atoms with Crippen LogP contribution in [0.1, 0.15) is 32.3 Å². The second-order valence-electron chi connectivity index (χ2n) is 5.93. The summed E-state index contributed by atoms with van der Waals surface area (Å²) in [4.78, 5) is 14.4. The SMILES string of the molecule is CCO[C@@H]1CCCN(C(=O)[C@H](C)Cc2ccc(O)c(O)c2)C1. The zero-order valence-electron chi connectivity index (χ0n) is 13.3. The number of ether oxygens (including phenoxy) is 1. The van der Waals surface area contributed by atoms with Crippen molar-refractivity contribution in [2.45, 2.75) is 39.2 Å². The summed E-state index contributed by atoms with van der Waals surface area (Å²) in [5, 5.41) is 18.9. The summed E-state index contributed by atoms with van der Waals surface area (Å²) < 4.78 is 5.64. The molecule has 0 bridgehead atoms. The van der Waals surface area contributed by atoms with Crippen LogP contribution in [0.5, 0.6) is 11.5 Å². The van der Waals surface area contributed by atoms with Gasteiger partial charge in [-0.05, 0) is 43.9 Å². The topological polar surface area (TPSA) is 70.0 Å². The highest BCUT2D eigenvalue weighted by molar-refractivity contribution is 5.79. The molecule has 0 spiro atoms. The lowest BCUT2D eigenvalue weighted by molar-refractivity contribution is -0.139. The van der Waals surface area contributed by atoms with Crippen LogP contribution in [0.3, 0.4) is 0 Å². The highest BCUT2D eigenvalue weighted by atomic mass is 16.5. The third kappa shape index (κ3) is 4.13. The van der Waals surface area contributed by atoms with E-state index in [0.717, 1.165) is 24.9 Å². The fourth-order valence-electron chi connectivity index (χ4n) is 2.96. The molecule has 2 atom stereocenters. The lowest BCUT2D eigenvalue weighted by Crippen LogP contribution is -2.45. The number of phenols is 2. The van der Waals surface area contributed by atoms with E-state index in [-0.39, 0.29) is 29.4 Å². The molecule has 0 saturated carbocycles. The second kappa shape index (κ2) is 7.49. The molecule has 2 N–H and O–H groups in total. The van der Waals surface area contributed by atoms with Crippen molar-refractivity contribution in [1.29, 1.82) is 0 Å². The van der Waals surface area contributed by atoms with Crippen LogP contribution in [0.2, 0.25) is 0 Å². The van der Waals surface area contributed by atoms with Crippen LogP contribution in [0.4, 0.5) is 0 Å². The molecule has 1 fully saturated rings. The maximum absolute atomic E-state index is 12.6. The van der Waals surface area contributed by atoms with Gasteiger partial charge in [0.25, 0.3) is 0 Å². The summed E-state index contributed by atoms with van der Waals surface area (Å²) in [6.45, 7) is 6.00. The van der Waals surface area contributed by atoms with Crippen molar-refractivity contribution >= 4 is 5.91 Å². The molecule has 1 amide bonds. The summed E-state index contributed by atoms with van der Waals surface area (Å²) in [6, 6.07) is 4.70. The molecular weight excluding hydrogens is 282 g/mol. The summed E-state index contributed by atoms with van der Waals surface area (Å²) >= 11 is 0. The van der Waals surface area contributed by atoms with E-state index in [1.807, 2.05) is 18.7 Å². The van der Waals surface area contributed by atoms with Crippen molar-refractivity contribution in [2.24, 2.45) is 5.92 Å². The lowest BCUT2D eigenvalue weighted by atomic mass is 9.98. The van der Waals surface area contributed by atoms with Gasteiger partial charge < -0.3 is 19.8 Å². The third-order valence-corrected chi connectivity index (χ3v) is 4.10. The first-order valence-electron chi connectivity index (χ1n) is 7.92. The summed E-state index contributed by atoms with van der Waals surface area (Å²) in [5.41, 5.74) is 0.842. The number of carbonyl (C=O) groups is 1. The van der Waals surface area contributed by atoms with E-state index in [4.69, 9.17) is 4.74 Å². The molecule has 1 aromatic rings. The Morgan fingerprint density at radius 3 is 2.86 bits per heavy atom. The minimum Gasteiger partial charge on any atom is -0.504 e. The Bertz CT molecular complexity index is 515. The van der Waals surface area contributed by atoms with Crippen LogP contribution in [-0.2, 0) is 16.0 Å². The van der Waals surface area contributed by atoms with Crippen LogP contribution in [0.25, 0.3) is 0 Å². The Labute approximate surface area is 131 Å². The number of hydrogen-bond acceptors (Lipinski definition) is 4. The van der Waals surface area contributed by atoms with E-state index in [0.29, 0.717) is 19.6 Å². The Morgan fingerprint density at radius 1 is 1.41 bits per heavy atom. The average Bonchev–Trinajstić information content (AvgIpc) is 2.51. The summed E-state index contributed by atoms with van der Waals surface area (Å²) in [7, 11) is 0. The molecule has 5 nitrogen and oxygen atoms in total. The molecule has 0 aliphatic carbocycles. The second-order valence-corrected chi connectivity index (χ2v) is 5.93. The molecule has 1 heterocycles. The molecule has 2 rings (SSSR count). The Hall–Kier alpha value is -1.75. The van der Waals surface area contributed by atoms with Crippen molar-refractivity contribution < 1.29 is 19.7 Å². The third-order valence-electron chi connectivity index (χ3n) is 4.10. The number of likely N-dealkylation sites (tertiary alicyclic amines) is 1. The fraction of sp³-hybridized carbons (Fsp3) is 0.588. The van der Waals surface area contributed by atoms with E-state index in [1.165, 1.54) is 12.1 Å². The molecular formula is C17H25NO4. The largest absolute Gasteiger partial charge is 0.504 e. The standard InChI is InChI=1S/C17H25NO4/c1-3-22-14-5-4-8-18(11-14)17(21)12(2)9-13-6-7-15(19)16(20)10-13/h6-7,10,12,14,19-20H,3-5,8-9,11H2,1-2H3/t12-,14-/m1/s1. The average molecular weight is 307 g/mol. The van der Waals surface area contributed by atoms with Crippen molar-refractivity contribution in [2.75, 3.05) is 19.7 Å². The number of phenolic OH excluding ortho intramolecular Hbond substituents is 2. The first-order valence-corrected chi connectivity index (χ1v) is 7.92. The Morgan fingerprint density at radius 2 is 2.18 bits per heavy atom. The zero-order chi connectivity index (χ0) is 16.1. The predicted molar refractivity (Wildman–Crippen MR) is 83.9 cm³/mol. The molecule has 1 aliphatic heterocycles. The number of benzene rings is 1. The van der Waals surface area contributed by atoms with E-state index in [1.54, 1.807) is 6.07 Å². The van der Waals surface area contributed by atoms with E-state index < -0.39 is 0 Å². The van der Waals surface area contributed by atoms with E-state index >= 15 is 0 Å². The molecule has 1 aliphatic rings. The molecule has 1 aromatic carbocycles. The van der Waals surface area contributed by atoms with Crippen LogP contribution in [0, 0.1) is 5.92 Å². The first-order chi connectivity index (χ1) is 10.5. The molecule has 0 unspecified atom stereocenters. The highest BCUT2D eigenvalue weighted by Gasteiger charge is 2.27. The monoisotopic (exact) mass is 307 g/mol. The molecule has 22 heavy (non-hydrogen) atoms. The number of piperidine rings is 1. The molecule has 1 saturated heterocycles. The van der Waals surface area contributed by atoms with Gasteiger partial charge in [-0.3, -0.25) is 4.79 Å². The number of hydrogen-bond donors (Lipinski definition) is 2. The molecule has 0 radical (unpaired) electrons. The predicted octanol–water partition coefficient (Wildman–Crippen LogP) is 2.30. The lowest BCUT2D eigenvalue weighted by Gasteiger charge is -2.34. The van der Waals surface area contributed by atoms with Crippen LogP contribution >= 0.6 is 0 Å². The minimum atomic E-state index is -0.163. The van der Waals surface area contributed by atoms with E-state index in [2.05, 4.69) is 0 Å². The van der Waals surface area contributed by atoms with Crippen molar-refractivity contribution in [3.8, 4) is 11.5 Å². The number of nitrogens with zero attached hydrogens (tertiary/aromatic N) is 1. The van der Waals surface area contributed by atoms with Crippen LogP contribution < -0.4 is 0 Å². The van der Waals surface area contributed by atoms with Gasteiger partial charge in [-0.2, -0.15) is 0 Å². The van der Waals surface area contributed by atoms with Gasteiger partial charge >= 0.3 is 0 Å². The summed E-state index contributed by atoms with van der Waals surface area (Å²) in [6.07, 6.45) is 2.68. The smallest absolute Gasteiger partial charge is 0.225 e. The van der Waals surface area contributed by atoms with Gasteiger partial charge in [0, 0.05) is 25.6 Å². The van der Waals surface area contributed by atoms with Gasteiger partial charge in [0.1, 0.15) is 0 Å². The maximum atomic E-state index is 12.6. The van der Waals surface area contributed by atoms with E-state index in [9.17, 15) is 15.0 Å². The number of amides is 1. The van der Waals surface area contributed by atoms with Gasteiger partial charge in [0.05, 0.1) is 6.10 Å². The van der Waals surface area contributed by atoms with Gasteiger partial charge in [0.15, 0.2) is 11.5 Å². The normalized spacial score (nSPS) is 19.9. The molecule has 5 heteroatoms. The van der Waals surface area contributed by atoms with Crippen molar-refractivity contribution in [3.63, 3.8) is 0 Å². The molecule has 122 valence electrons. The van der Waals surface area contributed by atoms with Crippen molar-refractivity contribution in [1.82, 2.24) is 4.90 Å². The van der Waals surface area contributed by atoms with Gasteiger partial charge in [-0.15, -0.1) is 0 Å². The highest BCUT2D eigenvalue weighted by Crippen LogP contribution is 2.26. The maximum Gasteiger partial charge on any atom is 0.225 e. The van der Waals surface area contributed by atoms with Gasteiger partial charge in [-0.1, -0.05) is 13.0 Å². The van der Waals surface area contributed by atoms with Crippen LogP contribution in [-0.4, -0.2) is 46.8 Å². The van der Waals surface area contributed by atoms with Crippen molar-refractivity contribution in [3.05, 3.63) is 23.8 Å². The fourth-order valence-corrected chi connectivity index (χ4v) is 2.96. The molecule has 0 aromatic heterocycles. The van der Waals surface area contributed by atoms with Gasteiger partial charge in [-0.25, -0.2) is 0 Å². The number of aromatic hydroxyl groups is 2. The van der Waals surface area contributed by atoms with Crippen LogP contribution in [0.15, 0.2) is 18.2 Å². The zero-order valence-corrected chi connectivity index (χ0v) is 13.3. The quantitative estimate of drug-likeness (QED) is 0.819. The first kappa shape index (κ1) is 16.6. The number of rotatable bonds is 5. The Balaban J connectivity index is 1.94. The van der Waals surface area contributed by atoms with Gasteiger partial charge in [0.2, 0.25) is 5.91 Å².